The average molecular weight is 387 g/mol. The van der Waals surface area contributed by atoms with Crippen LogP contribution in [0.5, 0.6) is 0 Å². The summed E-state index contributed by atoms with van der Waals surface area (Å²) in [5.41, 5.74) is 3.22. The Kier molecular flexibility index (Phi) is 3.53. The lowest BCUT2D eigenvalue weighted by molar-refractivity contribution is -0.0737. The molecule has 6 rings (SSSR count). The number of benzene rings is 1. The van der Waals surface area contributed by atoms with Crippen molar-refractivity contribution in [3.63, 3.8) is 0 Å². The van der Waals surface area contributed by atoms with Gasteiger partial charge in [0.25, 0.3) is 5.91 Å². The highest BCUT2D eigenvalue weighted by Crippen LogP contribution is 2.54. The van der Waals surface area contributed by atoms with Crippen molar-refractivity contribution in [3.05, 3.63) is 59.9 Å². The maximum Gasteiger partial charge on any atom is 0.493 e. The molecule has 0 bridgehead atoms. The summed E-state index contributed by atoms with van der Waals surface area (Å²) in [6, 6.07) is 11.5. The van der Waals surface area contributed by atoms with Crippen LogP contribution in [0.3, 0.4) is 0 Å². The monoisotopic (exact) mass is 387 g/mol. The fourth-order valence-electron chi connectivity index (χ4n) is 5.59. The van der Waals surface area contributed by atoms with E-state index in [9.17, 15) is 9.82 Å². The van der Waals surface area contributed by atoms with Crippen LogP contribution in [-0.2, 0) is 10.3 Å². The largest absolute Gasteiger partial charge is 0.493 e. The van der Waals surface area contributed by atoms with Crippen molar-refractivity contribution in [2.24, 2.45) is 5.41 Å². The van der Waals surface area contributed by atoms with Gasteiger partial charge in [-0.3, -0.25) is 4.79 Å². The van der Waals surface area contributed by atoms with Crippen LogP contribution in [0.2, 0.25) is 0 Å². The SMILES string of the molecule is O=C(c1ccccc1)N1CC2(CCC3(CC2)OB(O)c2cnc4[nH]ccc4c23)C1. The lowest BCUT2D eigenvalue weighted by Crippen LogP contribution is -2.60. The third kappa shape index (κ3) is 2.44. The predicted octanol–water partition coefficient (Wildman–Crippen LogP) is 2.19. The van der Waals surface area contributed by atoms with Gasteiger partial charge in [0, 0.05) is 47.3 Å². The second-order valence-electron chi connectivity index (χ2n) is 8.82. The van der Waals surface area contributed by atoms with Gasteiger partial charge >= 0.3 is 7.12 Å². The molecule has 7 heteroatoms. The van der Waals surface area contributed by atoms with Gasteiger partial charge in [0.1, 0.15) is 5.65 Å². The second kappa shape index (κ2) is 5.94. The lowest BCUT2D eigenvalue weighted by atomic mass is 9.62. The molecule has 1 amide bonds. The molecule has 2 fully saturated rings. The first-order chi connectivity index (χ1) is 14.1. The number of carbonyl (C=O) groups excluding carboxylic acids is 1. The molecule has 1 aliphatic carbocycles. The van der Waals surface area contributed by atoms with Crippen molar-refractivity contribution in [2.75, 3.05) is 13.1 Å². The van der Waals surface area contributed by atoms with Crippen LogP contribution in [0.15, 0.2) is 48.8 Å². The van der Waals surface area contributed by atoms with E-state index in [2.05, 4.69) is 9.97 Å². The summed E-state index contributed by atoms with van der Waals surface area (Å²) in [6.45, 7) is 1.62. The number of carbonyl (C=O) groups is 1. The van der Waals surface area contributed by atoms with Gasteiger partial charge < -0.3 is 19.6 Å². The third-order valence-electron chi connectivity index (χ3n) is 7.15. The van der Waals surface area contributed by atoms with E-state index < -0.39 is 12.7 Å². The highest BCUT2D eigenvalue weighted by Gasteiger charge is 2.56. The summed E-state index contributed by atoms with van der Waals surface area (Å²) < 4.78 is 6.16. The number of hydrogen-bond acceptors (Lipinski definition) is 4. The number of aromatic amines is 1. The molecule has 4 heterocycles. The Hall–Kier alpha value is -2.64. The topological polar surface area (TPSA) is 78.5 Å². The molecular weight excluding hydrogens is 365 g/mol. The van der Waals surface area contributed by atoms with Gasteiger partial charge in [-0.1, -0.05) is 18.2 Å². The van der Waals surface area contributed by atoms with Gasteiger partial charge in [-0.05, 0) is 49.4 Å². The zero-order chi connectivity index (χ0) is 19.6. The zero-order valence-electron chi connectivity index (χ0n) is 16.1. The van der Waals surface area contributed by atoms with E-state index in [1.165, 1.54) is 0 Å². The molecule has 2 aromatic heterocycles. The molecule has 3 aliphatic rings. The fourth-order valence-corrected chi connectivity index (χ4v) is 5.59. The number of amides is 1. The van der Waals surface area contributed by atoms with Gasteiger partial charge in [0.15, 0.2) is 0 Å². The third-order valence-corrected chi connectivity index (χ3v) is 7.15. The molecule has 0 atom stereocenters. The van der Waals surface area contributed by atoms with Crippen LogP contribution >= 0.6 is 0 Å². The normalized spacial score (nSPS) is 21.6. The van der Waals surface area contributed by atoms with E-state index in [0.29, 0.717) is 0 Å². The Balaban J connectivity index is 1.22. The summed E-state index contributed by atoms with van der Waals surface area (Å²) in [6.07, 6.45) is 7.32. The number of nitrogens with zero attached hydrogens (tertiary/aromatic N) is 2. The van der Waals surface area contributed by atoms with Gasteiger partial charge in [-0.15, -0.1) is 0 Å². The lowest BCUT2D eigenvalue weighted by Gasteiger charge is -2.55. The number of likely N-dealkylation sites (tertiary alicyclic amines) is 1. The van der Waals surface area contributed by atoms with Crippen LogP contribution in [0, 0.1) is 5.41 Å². The van der Waals surface area contributed by atoms with E-state index >= 15 is 0 Å². The van der Waals surface area contributed by atoms with E-state index in [-0.39, 0.29) is 11.3 Å². The molecule has 29 heavy (non-hydrogen) atoms. The number of pyridine rings is 1. The smallest absolute Gasteiger partial charge is 0.423 e. The standard InChI is InChI=1S/C22H22BN3O3/c27-20(15-4-2-1-3-5-15)26-13-21(14-26)7-9-22(10-8-21)18-16-6-11-24-19(16)25-12-17(18)23(28)29-22/h1-6,11-12,28H,7-10,13-14H2,(H,24,25). The van der Waals surface area contributed by atoms with Crippen molar-refractivity contribution >= 4 is 29.5 Å². The first-order valence-corrected chi connectivity index (χ1v) is 10.3. The minimum atomic E-state index is -0.914. The molecule has 146 valence electrons. The molecule has 6 nitrogen and oxygen atoms in total. The van der Waals surface area contributed by atoms with Crippen LogP contribution in [0.4, 0.5) is 0 Å². The number of H-pyrrole nitrogens is 1. The summed E-state index contributed by atoms with van der Waals surface area (Å²) in [5.74, 6) is 0.120. The molecule has 2 aliphatic heterocycles. The molecule has 2 spiro atoms. The number of aromatic nitrogens is 2. The Morgan fingerprint density at radius 3 is 2.66 bits per heavy atom. The first-order valence-electron chi connectivity index (χ1n) is 10.3. The van der Waals surface area contributed by atoms with Gasteiger partial charge in [0.05, 0.1) is 5.60 Å². The summed E-state index contributed by atoms with van der Waals surface area (Å²) in [5, 5.41) is 11.6. The molecule has 1 aromatic carbocycles. The quantitative estimate of drug-likeness (QED) is 0.628. The maximum atomic E-state index is 12.7. The molecule has 0 radical (unpaired) electrons. The Labute approximate surface area is 169 Å². The van der Waals surface area contributed by atoms with Crippen molar-refractivity contribution < 1.29 is 14.5 Å². The van der Waals surface area contributed by atoms with Crippen molar-refractivity contribution in [2.45, 2.75) is 31.3 Å². The minimum absolute atomic E-state index is 0.120. The summed E-state index contributed by atoms with van der Waals surface area (Å²) in [7, 11) is -0.914. The highest BCUT2D eigenvalue weighted by molar-refractivity contribution is 6.62. The Morgan fingerprint density at radius 1 is 1.14 bits per heavy atom. The summed E-state index contributed by atoms with van der Waals surface area (Å²) >= 11 is 0. The average Bonchev–Trinajstić information content (AvgIpc) is 3.30. The van der Waals surface area contributed by atoms with Crippen molar-refractivity contribution in [3.8, 4) is 0 Å². The van der Waals surface area contributed by atoms with Crippen molar-refractivity contribution in [1.82, 2.24) is 14.9 Å². The van der Waals surface area contributed by atoms with Crippen LogP contribution in [0.1, 0.15) is 41.6 Å². The zero-order valence-corrected chi connectivity index (χ0v) is 16.1. The van der Waals surface area contributed by atoms with Crippen molar-refractivity contribution in [1.29, 1.82) is 0 Å². The molecule has 1 saturated heterocycles. The highest BCUT2D eigenvalue weighted by atomic mass is 16.5. The van der Waals surface area contributed by atoms with Gasteiger partial charge in [0.2, 0.25) is 0 Å². The van der Waals surface area contributed by atoms with E-state index in [4.69, 9.17) is 4.65 Å². The second-order valence-corrected chi connectivity index (χ2v) is 8.82. The first kappa shape index (κ1) is 17.2. The number of rotatable bonds is 1. The Bertz CT molecular complexity index is 1100. The Morgan fingerprint density at radius 2 is 1.90 bits per heavy atom. The maximum absolute atomic E-state index is 12.7. The molecule has 3 aromatic rings. The van der Waals surface area contributed by atoms with Gasteiger partial charge in [-0.25, -0.2) is 4.98 Å². The fraction of sp³-hybridized carbons (Fsp3) is 0.364. The number of hydrogen-bond donors (Lipinski definition) is 2. The van der Waals surface area contributed by atoms with Gasteiger partial charge in [-0.2, -0.15) is 0 Å². The molecule has 1 saturated carbocycles. The predicted molar refractivity (Wildman–Crippen MR) is 110 cm³/mol. The van der Waals surface area contributed by atoms with E-state index in [0.717, 1.165) is 66.4 Å². The van der Waals surface area contributed by atoms with E-state index in [1.807, 2.05) is 47.5 Å². The van der Waals surface area contributed by atoms with Crippen LogP contribution in [-0.4, -0.2) is 46.0 Å². The molecule has 0 unspecified atom stereocenters. The molecular formula is C22H22BN3O3. The minimum Gasteiger partial charge on any atom is -0.423 e. The number of nitrogens with one attached hydrogen (secondary N) is 1. The van der Waals surface area contributed by atoms with Crippen LogP contribution < -0.4 is 5.46 Å². The molecule has 2 N–H and O–H groups in total. The van der Waals surface area contributed by atoms with E-state index in [1.54, 1.807) is 6.20 Å². The van der Waals surface area contributed by atoms with Crippen LogP contribution in [0.25, 0.3) is 11.0 Å². The summed E-state index contributed by atoms with van der Waals surface area (Å²) in [4.78, 5) is 22.2. The number of fused-ring (bicyclic) bond motifs is 4.